The molecule has 4 saturated carbocycles. The van der Waals surface area contributed by atoms with Crippen molar-refractivity contribution in [2.75, 3.05) is 13.7 Å². The maximum absolute atomic E-state index is 14.6. The van der Waals surface area contributed by atoms with Crippen LogP contribution in [0.25, 0.3) is 0 Å². The van der Waals surface area contributed by atoms with Crippen molar-refractivity contribution in [1.82, 2.24) is 0 Å². The molecule has 7 aliphatic rings. The van der Waals surface area contributed by atoms with Gasteiger partial charge in [-0.3, -0.25) is 4.79 Å². The average Bonchev–Trinajstić information content (AvgIpc) is 3.17. The summed E-state index contributed by atoms with van der Waals surface area (Å²) in [5.74, 6) is -1.68. The summed E-state index contributed by atoms with van der Waals surface area (Å²) in [5.41, 5.74) is -1.79. The Kier molecular flexibility index (Phi) is 11.4. The van der Waals surface area contributed by atoms with Gasteiger partial charge in [-0.25, -0.2) is 4.79 Å². The molecule has 58 heavy (non-hydrogen) atoms. The highest BCUT2D eigenvalue weighted by molar-refractivity contribution is 5.79. The second-order valence-corrected chi connectivity index (χ2v) is 20.9. The fourth-order valence-corrected chi connectivity index (χ4v) is 13.6. The highest BCUT2D eigenvalue weighted by Crippen LogP contribution is 2.76. The largest absolute Gasteiger partial charge is 0.467 e. The topological polar surface area (TPSA) is 242 Å². The Labute approximate surface area is 341 Å². The highest BCUT2D eigenvalue weighted by atomic mass is 16.7. The minimum Gasteiger partial charge on any atom is -0.467 e. The molecule has 6 fully saturated rings. The zero-order valence-electron chi connectivity index (χ0n) is 35.2. The minimum absolute atomic E-state index is 0.154. The van der Waals surface area contributed by atoms with Crippen molar-refractivity contribution in [3.05, 3.63) is 11.6 Å². The molecule has 5 aliphatic carbocycles. The predicted octanol–water partition coefficient (Wildman–Crippen LogP) is 1.47. The first-order valence-corrected chi connectivity index (χ1v) is 21.3. The van der Waals surface area contributed by atoms with Gasteiger partial charge >= 0.3 is 11.9 Å². The number of esters is 2. The second kappa shape index (κ2) is 15.0. The lowest BCUT2D eigenvalue weighted by molar-refractivity contribution is -0.324. The van der Waals surface area contributed by atoms with Crippen molar-refractivity contribution in [2.24, 2.45) is 50.2 Å². The van der Waals surface area contributed by atoms with Crippen LogP contribution in [0.1, 0.15) is 106 Å². The molecule has 0 aromatic carbocycles. The van der Waals surface area contributed by atoms with Crippen LogP contribution in [0.3, 0.4) is 0 Å². The Morgan fingerprint density at radius 1 is 0.741 bits per heavy atom. The number of fused-ring (bicyclic) bond motifs is 7. The van der Waals surface area contributed by atoms with Crippen molar-refractivity contribution < 1.29 is 74.1 Å². The molecule has 0 aromatic rings. The Balaban J connectivity index is 1.17. The lowest BCUT2D eigenvalue weighted by Crippen LogP contribution is -2.67. The zero-order chi connectivity index (χ0) is 42.7. The van der Waals surface area contributed by atoms with E-state index in [2.05, 4.69) is 40.7 Å². The SMILES string of the molecule is COC(=O)[C@H]1O[C@@H](O[C@H]2CC[C@]3(C)[C@H]4CC=C5[C@@H]6[C@H](O)C(C)(C)CC[C@]6(C(=O)O[C@@H]6O[C@H](CO)[C@@H](O)[C@H](O)[C@H]6O)CC[C@@]5(C)[C@]4(C)CC[C@H]3C2(C)C)[C@H](O)[C@@H](O)[C@@H]1O. The van der Waals surface area contributed by atoms with E-state index < -0.39 is 120 Å². The van der Waals surface area contributed by atoms with E-state index in [4.69, 9.17) is 23.7 Å². The van der Waals surface area contributed by atoms with Gasteiger partial charge in [0, 0.05) is 5.92 Å². The van der Waals surface area contributed by atoms with E-state index in [0.29, 0.717) is 32.1 Å². The standard InChI is InChI=1S/C43H68O15/c1-38(2)15-17-43(37(53)58-35-30(49)27(46)26(45)21(19-44)55-35)18-16-41(6)20(25(43)33(38)51)9-10-23-40(5)13-12-24(39(3,4)22(40)11-14-42(23,41)7)56-36-31(50)28(47)29(48)32(57-36)34(52)54-8/h9,21-33,35-36,44-51H,10-19H2,1-8H3/t21-,22+,23-,24+,25-,26-,27+,28+,29+,30-,31-,32+,33+,35+,36-,40+,41-,42-,43+/m1/s1. The molecule has 8 N–H and O–H groups in total. The van der Waals surface area contributed by atoms with Crippen LogP contribution < -0.4 is 0 Å². The molecule has 0 spiro atoms. The molecule has 7 rings (SSSR count). The molecule has 0 radical (unpaired) electrons. The molecule has 19 atom stereocenters. The summed E-state index contributed by atoms with van der Waals surface area (Å²) < 4.78 is 28.5. The first-order valence-electron chi connectivity index (χ1n) is 21.3. The molecule has 0 amide bonds. The summed E-state index contributed by atoms with van der Waals surface area (Å²) in [6.45, 7) is 14.8. The third-order valence-corrected chi connectivity index (χ3v) is 17.6. The number of methoxy groups -OCH3 is 1. The van der Waals surface area contributed by atoms with Crippen molar-refractivity contribution in [3.8, 4) is 0 Å². The number of carbonyl (C=O) groups is 2. The van der Waals surface area contributed by atoms with Crippen LogP contribution >= 0.6 is 0 Å². The molecule has 330 valence electrons. The van der Waals surface area contributed by atoms with E-state index >= 15 is 0 Å². The number of ether oxygens (including phenoxy) is 5. The van der Waals surface area contributed by atoms with Gasteiger partial charge in [-0.2, -0.15) is 0 Å². The predicted molar refractivity (Wildman–Crippen MR) is 204 cm³/mol. The summed E-state index contributed by atoms with van der Waals surface area (Å²) in [5, 5.41) is 85.7. The van der Waals surface area contributed by atoms with Crippen molar-refractivity contribution >= 4 is 11.9 Å². The van der Waals surface area contributed by atoms with Crippen LogP contribution in [0.2, 0.25) is 0 Å². The van der Waals surface area contributed by atoms with Gasteiger partial charge in [0.15, 0.2) is 12.4 Å². The van der Waals surface area contributed by atoms with Crippen LogP contribution in [0.4, 0.5) is 0 Å². The van der Waals surface area contributed by atoms with E-state index in [9.17, 15) is 50.4 Å². The van der Waals surface area contributed by atoms with E-state index in [1.165, 1.54) is 0 Å². The lowest BCUT2D eigenvalue weighted by Gasteiger charge is -2.71. The minimum atomic E-state index is -1.74. The Bertz CT molecular complexity index is 1610. The van der Waals surface area contributed by atoms with Crippen LogP contribution in [0.5, 0.6) is 0 Å². The maximum Gasteiger partial charge on any atom is 0.337 e. The second-order valence-electron chi connectivity index (χ2n) is 20.9. The van der Waals surface area contributed by atoms with Gasteiger partial charge in [0.25, 0.3) is 0 Å². The molecule has 2 saturated heterocycles. The molecule has 0 unspecified atom stereocenters. The normalized spacial score (nSPS) is 52.1. The quantitative estimate of drug-likeness (QED) is 0.108. The molecule has 2 heterocycles. The zero-order valence-corrected chi connectivity index (χ0v) is 35.2. The van der Waals surface area contributed by atoms with Crippen LogP contribution in [-0.2, 0) is 33.3 Å². The molecular formula is C43H68O15. The number of carbonyl (C=O) groups excluding carboxylic acids is 2. The fraction of sp³-hybridized carbons (Fsp3) is 0.907. The Morgan fingerprint density at radius 3 is 2.03 bits per heavy atom. The Morgan fingerprint density at radius 2 is 1.38 bits per heavy atom. The molecule has 2 aliphatic heterocycles. The van der Waals surface area contributed by atoms with E-state index in [1.54, 1.807) is 0 Å². The number of aliphatic hydroxyl groups excluding tert-OH is 8. The summed E-state index contributed by atoms with van der Waals surface area (Å²) in [6, 6.07) is 0. The molecule has 15 heteroatoms. The van der Waals surface area contributed by atoms with Crippen LogP contribution in [0.15, 0.2) is 11.6 Å². The summed E-state index contributed by atoms with van der Waals surface area (Å²) in [6.07, 6.45) is -8.70. The number of hydrogen-bond acceptors (Lipinski definition) is 15. The van der Waals surface area contributed by atoms with E-state index in [0.717, 1.165) is 38.4 Å². The van der Waals surface area contributed by atoms with Gasteiger partial charge in [-0.15, -0.1) is 0 Å². The monoisotopic (exact) mass is 824 g/mol. The van der Waals surface area contributed by atoms with Gasteiger partial charge in [-0.1, -0.05) is 60.1 Å². The van der Waals surface area contributed by atoms with Crippen LogP contribution in [0, 0.1) is 50.2 Å². The van der Waals surface area contributed by atoms with Crippen LogP contribution in [-0.4, -0.2) is 140 Å². The summed E-state index contributed by atoms with van der Waals surface area (Å²) in [7, 11) is 1.15. The summed E-state index contributed by atoms with van der Waals surface area (Å²) in [4.78, 5) is 27.0. The number of rotatable bonds is 6. The smallest absolute Gasteiger partial charge is 0.337 e. The van der Waals surface area contributed by atoms with E-state index in [1.807, 2.05) is 13.8 Å². The third kappa shape index (κ3) is 6.30. The van der Waals surface area contributed by atoms with Gasteiger partial charge < -0.3 is 64.5 Å². The maximum atomic E-state index is 14.6. The van der Waals surface area contributed by atoms with Crippen molar-refractivity contribution in [1.29, 1.82) is 0 Å². The van der Waals surface area contributed by atoms with Gasteiger partial charge in [0.05, 0.1) is 31.3 Å². The molecular weight excluding hydrogens is 756 g/mol. The highest BCUT2D eigenvalue weighted by Gasteiger charge is 2.71. The van der Waals surface area contributed by atoms with Crippen molar-refractivity contribution in [2.45, 2.75) is 180 Å². The first-order chi connectivity index (χ1) is 27.0. The Hall–Kier alpha value is -1.76. The molecule has 0 aromatic heterocycles. The third-order valence-electron chi connectivity index (χ3n) is 17.6. The molecule has 0 bridgehead atoms. The van der Waals surface area contributed by atoms with Gasteiger partial charge in [-0.05, 0) is 96.7 Å². The summed E-state index contributed by atoms with van der Waals surface area (Å²) >= 11 is 0. The van der Waals surface area contributed by atoms with E-state index in [-0.39, 0.29) is 22.7 Å². The van der Waals surface area contributed by atoms with Gasteiger partial charge in [0.1, 0.15) is 42.7 Å². The first kappa shape index (κ1) is 44.3. The average molecular weight is 825 g/mol. The number of hydrogen-bond donors (Lipinski definition) is 8. The fourth-order valence-electron chi connectivity index (χ4n) is 13.6. The lowest BCUT2D eigenvalue weighted by atomic mass is 9.33. The van der Waals surface area contributed by atoms with Gasteiger partial charge in [0.2, 0.25) is 6.29 Å². The number of aliphatic hydroxyl groups is 8. The molecule has 15 nitrogen and oxygen atoms in total. The van der Waals surface area contributed by atoms with Crippen molar-refractivity contribution in [3.63, 3.8) is 0 Å². The number of allylic oxidation sites excluding steroid dienone is 1.